The summed E-state index contributed by atoms with van der Waals surface area (Å²) in [6.07, 6.45) is 3.33. The Bertz CT molecular complexity index is 2040. The van der Waals surface area contributed by atoms with E-state index < -0.39 is 0 Å². The monoisotopic (exact) mass is 501 g/mol. The predicted molar refractivity (Wildman–Crippen MR) is 164 cm³/mol. The maximum atomic E-state index is 6.78. The van der Waals surface area contributed by atoms with Gasteiger partial charge in [0.1, 0.15) is 11.3 Å². The minimum Gasteiger partial charge on any atom is -0.459 e. The molecule has 2 aromatic heterocycles. The summed E-state index contributed by atoms with van der Waals surface area (Å²) in [7, 11) is 0. The first-order valence-corrected chi connectivity index (χ1v) is 13.7. The standard InChI is InChI=1S/C37H27NO/c1-23-18-27(24-10-4-2-5-11-24)20-32-33-21-28(25-12-6-3-7-13-25)19-31(37(33)39-36(23)32)26-16-17-30-29-14-8-9-15-34(29)38-35(30)22-26/h2-17,19-23,38H,18H2,1H3. The van der Waals surface area contributed by atoms with E-state index in [0.29, 0.717) is 5.92 Å². The molecule has 39 heavy (non-hydrogen) atoms. The molecule has 0 amide bonds. The number of hydrogen-bond acceptors (Lipinski definition) is 1. The maximum Gasteiger partial charge on any atom is 0.142 e. The Kier molecular flexibility index (Phi) is 4.90. The van der Waals surface area contributed by atoms with Gasteiger partial charge in [0.15, 0.2) is 0 Å². The lowest BCUT2D eigenvalue weighted by Crippen LogP contribution is -2.01. The highest BCUT2D eigenvalue weighted by Crippen LogP contribution is 2.46. The summed E-state index contributed by atoms with van der Waals surface area (Å²) >= 11 is 0. The molecular weight excluding hydrogens is 474 g/mol. The summed E-state index contributed by atoms with van der Waals surface area (Å²) in [6, 6.07) is 41.3. The SMILES string of the molecule is CC1CC(c2ccccc2)=Cc2c1oc1c(-c3ccc4c(c3)[nH]c3ccccc34)cc(-c3ccccc3)cc21. The minimum absolute atomic E-state index is 0.303. The predicted octanol–water partition coefficient (Wildman–Crippen LogP) is 10.4. The molecule has 2 heteroatoms. The first kappa shape index (κ1) is 22.2. The zero-order valence-electron chi connectivity index (χ0n) is 21.7. The molecule has 0 radical (unpaired) electrons. The van der Waals surface area contributed by atoms with E-state index in [-0.39, 0.29) is 0 Å². The van der Waals surface area contributed by atoms with Crippen LogP contribution in [-0.2, 0) is 0 Å². The second kappa shape index (κ2) is 8.61. The van der Waals surface area contributed by atoms with Crippen molar-refractivity contribution in [2.24, 2.45) is 0 Å². The van der Waals surface area contributed by atoms with Crippen LogP contribution < -0.4 is 0 Å². The summed E-state index contributed by atoms with van der Waals surface area (Å²) in [6.45, 7) is 2.28. The van der Waals surface area contributed by atoms with Gasteiger partial charge in [0.2, 0.25) is 0 Å². The van der Waals surface area contributed by atoms with E-state index in [1.807, 2.05) is 0 Å². The van der Waals surface area contributed by atoms with Crippen LogP contribution in [0.25, 0.3) is 66.7 Å². The lowest BCUT2D eigenvalue weighted by molar-refractivity contribution is 0.507. The van der Waals surface area contributed by atoms with Crippen molar-refractivity contribution in [3.8, 4) is 22.3 Å². The first-order chi connectivity index (χ1) is 19.2. The Hall–Kier alpha value is -4.82. The van der Waals surface area contributed by atoms with Gasteiger partial charge >= 0.3 is 0 Å². The smallest absolute Gasteiger partial charge is 0.142 e. The van der Waals surface area contributed by atoms with Crippen LogP contribution in [-0.4, -0.2) is 4.98 Å². The molecule has 1 aliphatic rings. The van der Waals surface area contributed by atoms with Crippen molar-refractivity contribution in [2.45, 2.75) is 19.3 Å². The third-order valence-electron chi connectivity index (χ3n) is 8.22. The van der Waals surface area contributed by atoms with Crippen LogP contribution in [0.2, 0.25) is 0 Å². The molecule has 7 aromatic rings. The Morgan fingerprint density at radius 2 is 1.33 bits per heavy atom. The molecule has 0 bridgehead atoms. The second-order valence-corrected chi connectivity index (χ2v) is 10.7. The van der Waals surface area contributed by atoms with Crippen molar-refractivity contribution in [1.82, 2.24) is 4.98 Å². The van der Waals surface area contributed by atoms with Crippen LogP contribution in [0.5, 0.6) is 0 Å². The number of hydrogen-bond donors (Lipinski definition) is 1. The zero-order valence-corrected chi connectivity index (χ0v) is 21.7. The Balaban J connectivity index is 1.40. The summed E-state index contributed by atoms with van der Waals surface area (Å²) in [5.74, 6) is 1.39. The molecule has 2 heterocycles. The molecule has 1 N–H and O–H groups in total. The zero-order chi connectivity index (χ0) is 25.9. The van der Waals surface area contributed by atoms with E-state index in [9.17, 15) is 0 Å². The third kappa shape index (κ3) is 3.56. The number of rotatable bonds is 3. The fraction of sp³-hybridized carbons (Fsp3) is 0.0811. The van der Waals surface area contributed by atoms with E-state index in [4.69, 9.17) is 4.42 Å². The van der Waals surface area contributed by atoms with Crippen LogP contribution in [0.4, 0.5) is 0 Å². The van der Waals surface area contributed by atoms with Crippen LogP contribution >= 0.6 is 0 Å². The van der Waals surface area contributed by atoms with Crippen molar-refractivity contribution in [3.63, 3.8) is 0 Å². The van der Waals surface area contributed by atoms with Gasteiger partial charge in [-0.2, -0.15) is 0 Å². The van der Waals surface area contributed by atoms with E-state index in [0.717, 1.165) is 39.9 Å². The van der Waals surface area contributed by atoms with Crippen LogP contribution in [0.1, 0.15) is 36.1 Å². The van der Waals surface area contributed by atoms with Gasteiger partial charge in [-0.1, -0.05) is 97.9 Å². The molecule has 1 atom stereocenters. The molecule has 2 nitrogen and oxygen atoms in total. The number of para-hydroxylation sites is 1. The van der Waals surface area contributed by atoms with Gasteiger partial charge < -0.3 is 9.40 Å². The fourth-order valence-corrected chi connectivity index (χ4v) is 6.29. The van der Waals surface area contributed by atoms with Crippen molar-refractivity contribution in [2.75, 3.05) is 0 Å². The number of aromatic amines is 1. The number of furan rings is 1. The topological polar surface area (TPSA) is 28.9 Å². The Morgan fingerprint density at radius 1 is 0.615 bits per heavy atom. The highest BCUT2D eigenvalue weighted by Gasteiger charge is 2.26. The van der Waals surface area contributed by atoms with Crippen molar-refractivity contribution in [3.05, 3.63) is 132 Å². The minimum atomic E-state index is 0.303. The van der Waals surface area contributed by atoms with Gasteiger partial charge in [-0.3, -0.25) is 0 Å². The lowest BCUT2D eigenvalue weighted by Gasteiger charge is -2.19. The first-order valence-electron chi connectivity index (χ1n) is 13.7. The average molecular weight is 502 g/mol. The highest BCUT2D eigenvalue weighted by atomic mass is 16.3. The van der Waals surface area contributed by atoms with Crippen molar-refractivity contribution < 1.29 is 4.42 Å². The van der Waals surface area contributed by atoms with E-state index in [2.05, 4.69) is 133 Å². The van der Waals surface area contributed by atoms with Gasteiger partial charge in [0.05, 0.1) is 0 Å². The number of aromatic nitrogens is 1. The molecule has 1 unspecified atom stereocenters. The van der Waals surface area contributed by atoms with Gasteiger partial charge in [0.25, 0.3) is 0 Å². The van der Waals surface area contributed by atoms with Crippen molar-refractivity contribution in [1.29, 1.82) is 0 Å². The summed E-state index contributed by atoms with van der Waals surface area (Å²) in [5.41, 5.74) is 11.8. The second-order valence-electron chi connectivity index (χ2n) is 10.7. The number of H-pyrrole nitrogens is 1. The number of benzene rings is 5. The average Bonchev–Trinajstić information content (AvgIpc) is 3.56. The molecular formula is C37H27NO. The Morgan fingerprint density at radius 3 is 2.15 bits per heavy atom. The number of fused-ring (bicyclic) bond motifs is 6. The van der Waals surface area contributed by atoms with Gasteiger partial charge in [-0.05, 0) is 64.6 Å². The molecule has 0 saturated carbocycles. The summed E-state index contributed by atoms with van der Waals surface area (Å²) < 4.78 is 6.78. The molecule has 0 saturated heterocycles. The normalized spacial score (nSPS) is 15.1. The van der Waals surface area contributed by atoms with E-state index in [1.54, 1.807) is 0 Å². The van der Waals surface area contributed by atoms with E-state index in [1.165, 1.54) is 44.0 Å². The number of nitrogens with one attached hydrogen (secondary N) is 1. The van der Waals surface area contributed by atoms with E-state index >= 15 is 0 Å². The Labute approximate surface area is 227 Å². The highest BCUT2D eigenvalue weighted by molar-refractivity contribution is 6.10. The summed E-state index contributed by atoms with van der Waals surface area (Å²) in [4.78, 5) is 3.62. The molecule has 8 rings (SSSR count). The molecule has 0 spiro atoms. The van der Waals surface area contributed by atoms with Crippen LogP contribution in [0, 0.1) is 0 Å². The molecule has 0 aliphatic heterocycles. The molecule has 1 aliphatic carbocycles. The lowest BCUT2D eigenvalue weighted by atomic mass is 9.85. The number of allylic oxidation sites excluding steroid dienone is 1. The molecule has 186 valence electrons. The molecule has 0 fully saturated rings. The third-order valence-corrected chi connectivity index (χ3v) is 8.22. The van der Waals surface area contributed by atoms with Gasteiger partial charge in [-0.15, -0.1) is 0 Å². The van der Waals surface area contributed by atoms with Crippen LogP contribution in [0.3, 0.4) is 0 Å². The largest absolute Gasteiger partial charge is 0.459 e. The maximum absolute atomic E-state index is 6.78. The summed E-state index contributed by atoms with van der Waals surface area (Å²) in [5, 5.41) is 3.67. The quantitative estimate of drug-likeness (QED) is 0.256. The fourth-order valence-electron chi connectivity index (χ4n) is 6.29. The van der Waals surface area contributed by atoms with Gasteiger partial charge in [-0.25, -0.2) is 0 Å². The van der Waals surface area contributed by atoms with Gasteiger partial charge in [0, 0.05) is 44.2 Å². The molecule has 5 aromatic carbocycles. The van der Waals surface area contributed by atoms with Crippen LogP contribution in [0.15, 0.2) is 120 Å². The van der Waals surface area contributed by atoms with Crippen molar-refractivity contribution >= 4 is 44.4 Å².